The molecule has 3 atom stereocenters. The van der Waals surface area contributed by atoms with E-state index in [1.165, 1.54) is 38.5 Å². The molecule has 0 spiro atoms. The maximum Gasteiger partial charge on any atom is 0.222 e. The number of hydrogen-bond donors (Lipinski definition) is 4. The van der Waals surface area contributed by atoms with Gasteiger partial charge in [0.2, 0.25) is 5.91 Å². The molecule has 0 aliphatic carbocycles. The molecule has 0 rings (SSSR count). The lowest BCUT2D eigenvalue weighted by Crippen LogP contribution is -2.45. The highest BCUT2D eigenvalue weighted by atomic mass is 16.3. The summed E-state index contributed by atoms with van der Waals surface area (Å²) in [7, 11) is 0. The van der Waals surface area contributed by atoms with E-state index in [1.807, 2.05) is 6.08 Å². The normalized spacial score (nSPS) is 14.8. The quantitative estimate of drug-likeness (QED) is 0.0766. The summed E-state index contributed by atoms with van der Waals surface area (Å²) >= 11 is 0. The molecule has 0 aliphatic rings. The number of carbonyl (C=O) groups is 1. The third kappa shape index (κ3) is 24.4. The van der Waals surface area contributed by atoms with E-state index < -0.39 is 18.2 Å². The zero-order valence-corrected chi connectivity index (χ0v) is 23.8. The van der Waals surface area contributed by atoms with Crippen LogP contribution in [-0.2, 0) is 4.79 Å². The Kier molecular flexibility index (Phi) is 26.1. The minimum atomic E-state index is -0.960. The van der Waals surface area contributed by atoms with Gasteiger partial charge >= 0.3 is 0 Å². The molecule has 0 aliphatic heterocycles. The van der Waals surface area contributed by atoms with Gasteiger partial charge in [-0.25, -0.2) is 0 Å². The van der Waals surface area contributed by atoms with E-state index in [0.717, 1.165) is 57.8 Å². The average Bonchev–Trinajstić information content (AvgIpc) is 2.88. The van der Waals surface area contributed by atoms with Gasteiger partial charge in [0.1, 0.15) is 0 Å². The van der Waals surface area contributed by atoms with Gasteiger partial charge in [0, 0.05) is 0 Å². The fourth-order valence-corrected chi connectivity index (χ4v) is 3.94. The number of hydrogen-bond acceptors (Lipinski definition) is 4. The number of rotatable bonds is 25. The summed E-state index contributed by atoms with van der Waals surface area (Å²) in [6.07, 6.45) is 32.3. The smallest absolute Gasteiger partial charge is 0.222 e. The molecule has 5 nitrogen and oxygen atoms in total. The molecule has 0 radical (unpaired) electrons. The number of unbranched alkanes of at least 4 members (excludes halogenated alkanes) is 10. The monoisotopic (exact) mass is 519 g/mol. The largest absolute Gasteiger partial charge is 0.394 e. The van der Waals surface area contributed by atoms with E-state index in [4.69, 9.17) is 0 Å². The van der Waals surface area contributed by atoms with Crippen LogP contribution >= 0.6 is 0 Å². The summed E-state index contributed by atoms with van der Waals surface area (Å²) in [6.45, 7) is 4.06. The maximum atomic E-state index is 12.2. The molecular weight excluding hydrogens is 462 g/mol. The van der Waals surface area contributed by atoms with Crippen LogP contribution in [0.2, 0.25) is 0 Å². The number of nitrogens with one attached hydrogen (secondary N) is 1. The first-order valence-corrected chi connectivity index (χ1v) is 14.9. The average molecular weight is 520 g/mol. The Morgan fingerprint density at radius 3 is 1.76 bits per heavy atom. The molecular formula is C32H57NO4. The van der Waals surface area contributed by atoms with Crippen LogP contribution in [0.4, 0.5) is 0 Å². The fraction of sp³-hybridized carbons (Fsp3) is 0.719. The van der Waals surface area contributed by atoms with Crippen molar-refractivity contribution in [2.45, 2.75) is 141 Å². The van der Waals surface area contributed by atoms with Crippen molar-refractivity contribution in [1.29, 1.82) is 0 Å². The topological polar surface area (TPSA) is 89.8 Å². The molecule has 214 valence electrons. The van der Waals surface area contributed by atoms with Crippen LogP contribution < -0.4 is 5.32 Å². The van der Waals surface area contributed by atoms with Crippen LogP contribution in [0.25, 0.3) is 0 Å². The van der Waals surface area contributed by atoms with Crippen molar-refractivity contribution in [1.82, 2.24) is 5.32 Å². The first kappa shape index (κ1) is 35.3. The van der Waals surface area contributed by atoms with E-state index in [-0.39, 0.29) is 18.9 Å². The molecule has 1 amide bonds. The molecule has 3 unspecified atom stereocenters. The maximum absolute atomic E-state index is 12.2. The second-order valence-electron chi connectivity index (χ2n) is 9.98. The molecule has 0 saturated carbocycles. The van der Waals surface area contributed by atoms with Crippen LogP contribution in [-0.4, -0.2) is 46.1 Å². The Hall–Kier alpha value is -1.69. The van der Waals surface area contributed by atoms with Crippen LogP contribution in [0.15, 0.2) is 48.6 Å². The first-order chi connectivity index (χ1) is 18.0. The van der Waals surface area contributed by atoms with E-state index >= 15 is 0 Å². The number of aliphatic hydroxyl groups is 3. The summed E-state index contributed by atoms with van der Waals surface area (Å²) in [5.41, 5.74) is 0. The minimum absolute atomic E-state index is 0.0113. The van der Waals surface area contributed by atoms with Crippen molar-refractivity contribution in [2.75, 3.05) is 6.61 Å². The van der Waals surface area contributed by atoms with Crippen LogP contribution in [0.5, 0.6) is 0 Å². The van der Waals surface area contributed by atoms with Crippen molar-refractivity contribution >= 4 is 5.91 Å². The van der Waals surface area contributed by atoms with E-state index in [2.05, 4.69) is 55.6 Å². The third-order valence-corrected chi connectivity index (χ3v) is 6.32. The van der Waals surface area contributed by atoms with Crippen molar-refractivity contribution in [3.05, 3.63) is 48.6 Å². The van der Waals surface area contributed by atoms with Gasteiger partial charge < -0.3 is 20.6 Å². The van der Waals surface area contributed by atoms with Crippen molar-refractivity contribution < 1.29 is 20.1 Å². The van der Waals surface area contributed by atoms with Gasteiger partial charge in [0.15, 0.2) is 0 Å². The fourth-order valence-electron chi connectivity index (χ4n) is 3.94. The highest BCUT2D eigenvalue weighted by molar-refractivity contribution is 5.76. The summed E-state index contributed by atoms with van der Waals surface area (Å²) in [5.74, 6) is -0.347. The Morgan fingerprint density at radius 2 is 1.19 bits per heavy atom. The molecule has 0 aromatic heterocycles. The van der Waals surface area contributed by atoms with Crippen LogP contribution in [0, 0.1) is 0 Å². The molecule has 0 saturated heterocycles. The predicted molar refractivity (Wildman–Crippen MR) is 157 cm³/mol. The zero-order valence-electron chi connectivity index (χ0n) is 23.8. The molecule has 5 heteroatoms. The molecule has 0 heterocycles. The zero-order chi connectivity index (χ0) is 27.4. The number of amides is 1. The highest BCUT2D eigenvalue weighted by Crippen LogP contribution is 2.10. The summed E-state index contributed by atoms with van der Waals surface area (Å²) in [5, 5.41) is 32.7. The molecule has 37 heavy (non-hydrogen) atoms. The summed E-state index contributed by atoms with van der Waals surface area (Å²) in [4.78, 5) is 12.2. The van der Waals surface area contributed by atoms with Crippen LogP contribution in [0.1, 0.15) is 123 Å². The van der Waals surface area contributed by atoms with Gasteiger partial charge in [-0.3, -0.25) is 4.79 Å². The Morgan fingerprint density at radius 1 is 0.676 bits per heavy atom. The predicted octanol–water partition coefficient (Wildman–Crippen LogP) is 7.08. The van der Waals surface area contributed by atoms with Crippen molar-refractivity contribution in [2.24, 2.45) is 0 Å². The third-order valence-electron chi connectivity index (χ3n) is 6.32. The highest BCUT2D eigenvalue weighted by Gasteiger charge is 2.19. The second-order valence-corrected chi connectivity index (χ2v) is 9.98. The van der Waals surface area contributed by atoms with E-state index in [9.17, 15) is 20.1 Å². The van der Waals surface area contributed by atoms with Crippen LogP contribution in [0.3, 0.4) is 0 Å². The summed E-state index contributed by atoms with van der Waals surface area (Å²) in [6, 6.07) is -0.768. The number of carbonyl (C=O) groups excluding carboxylic acids is 1. The molecule has 0 fully saturated rings. The Balaban J connectivity index is 3.96. The van der Waals surface area contributed by atoms with Gasteiger partial charge in [-0.05, 0) is 64.2 Å². The van der Waals surface area contributed by atoms with Gasteiger partial charge in [0.05, 0.1) is 31.3 Å². The second kappa shape index (κ2) is 27.3. The molecule has 0 bridgehead atoms. The van der Waals surface area contributed by atoms with Gasteiger partial charge in [-0.1, -0.05) is 101 Å². The molecule has 0 aromatic carbocycles. The van der Waals surface area contributed by atoms with E-state index in [0.29, 0.717) is 6.42 Å². The lowest BCUT2D eigenvalue weighted by Gasteiger charge is -2.20. The minimum Gasteiger partial charge on any atom is -0.394 e. The molecule has 0 aromatic rings. The lowest BCUT2D eigenvalue weighted by atomic mass is 10.1. The Labute approximate surface area is 227 Å². The molecule has 4 N–H and O–H groups in total. The van der Waals surface area contributed by atoms with Gasteiger partial charge in [0.25, 0.3) is 0 Å². The standard InChI is InChI=1S/C32H57NO4/c1-3-5-7-9-11-13-14-15-16-18-20-22-24-26-31(36)30(28-34)33-32(37)27-29(35)25-23-21-19-17-12-10-8-6-4-2/h10-13,16,18,24,26,29-31,34-36H,3-9,14-15,17,19-23,25,27-28H2,1-2H3,(H,33,37)/b12-10-,13-11+,18-16+,26-24+. The van der Waals surface area contributed by atoms with Gasteiger partial charge in [-0.2, -0.15) is 0 Å². The van der Waals surface area contributed by atoms with E-state index in [1.54, 1.807) is 6.08 Å². The number of aliphatic hydroxyl groups excluding tert-OH is 3. The van der Waals surface area contributed by atoms with Gasteiger partial charge in [-0.15, -0.1) is 0 Å². The number of allylic oxidation sites excluding steroid dienone is 7. The summed E-state index contributed by atoms with van der Waals surface area (Å²) < 4.78 is 0. The Bertz CT molecular complexity index is 626. The van der Waals surface area contributed by atoms with Crippen molar-refractivity contribution in [3.63, 3.8) is 0 Å². The lowest BCUT2D eigenvalue weighted by molar-refractivity contribution is -0.124. The first-order valence-electron chi connectivity index (χ1n) is 14.9. The SMILES string of the molecule is CCCC/C=C\CCCCCC(O)CC(=O)NC(CO)C(O)/C=C/CC/C=C/CC/C=C/CCCCC. The van der Waals surface area contributed by atoms with Crippen molar-refractivity contribution in [3.8, 4) is 0 Å².